The number of hydrogen-bond donors (Lipinski definition) is 0. The summed E-state index contributed by atoms with van der Waals surface area (Å²) in [5, 5.41) is 1.45. The zero-order valence-corrected chi connectivity index (χ0v) is 13.6. The van der Waals surface area contributed by atoms with Crippen molar-refractivity contribution in [1.82, 2.24) is 0 Å². The molecule has 0 spiro atoms. The van der Waals surface area contributed by atoms with E-state index in [1.54, 1.807) is 0 Å². The second-order valence-electron chi connectivity index (χ2n) is 5.91. The first-order valence-electron chi connectivity index (χ1n) is 6.20. The van der Waals surface area contributed by atoms with E-state index in [9.17, 15) is 0 Å². The Hall–Kier alpha value is -0.473. The number of allylic oxidation sites excluding steroid dienone is 1. The maximum absolute atomic E-state index is 2.46. The summed E-state index contributed by atoms with van der Waals surface area (Å²) in [6, 6.07) is 10.7. The summed E-state index contributed by atoms with van der Waals surface area (Å²) in [4.78, 5) is 0. The van der Waals surface area contributed by atoms with Gasteiger partial charge in [0.05, 0.1) is 11.6 Å². The highest BCUT2D eigenvalue weighted by atomic mass is 32.2. The lowest BCUT2D eigenvalue weighted by Crippen LogP contribution is -2.32. The summed E-state index contributed by atoms with van der Waals surface area (Å²) in [5.74, 6) is 1.24. The fourth-order valence-electron chi connectivity index (χ4n) is 1.88. The molecule has 0 radical (unpaired) electrons. The van der Waals surface area contributed by atoms with Crippen LogP contribution in [0.1, 0.15) is 12.5 Å². The second-order valence-corrected chi connectivity index (χ2v) is 14.1. The van der Waals surface area contributed by atoms with Crippen molar-refractivity contribution in [3.8, 4) is 0 Å². The summed E-state index contributed by atoms with van der Waals surface area (Å²) in [5.41, 5.74) is 2.78. The summed E-state index contributed by atoms with van der Waals surface area (Å²) < 4.78 is 0. The van der Waals surface area contributed by atoms with E-state index in [4.69, 9.17) is 0 Å². The summed E-state index contributed by atoms with van der Waals surface area (Å²) >= 11 is 0. The first kappa shape index (κ1) is 14.6. The molecule has 0 heterocycles. The largest absolute Gasteiger partial charge is 0.126 e. The number of benzene rings is 1. The molecule has 1 atom stereocenters. The fraction of sp³-hybridized carbons (Fsp3) is 0.467. The minimum absolute atomic E-state index is 0.552. The second kappa shape index (κ2) is 6.46. The van der Waals surface area contributed by atoms with Crippen LogP contribution < -0.4 is 0 Å². The highest BCUT2D eigenvalue weighted by molar-refractivity contribution is 7.97. The molecule has 0 aromatic heterocycles. The van der Waals surface area contributed by atoms with Gasteiger partial charge in [0.25, 0.3) is 0 Å². The van der Waals surface area contributed by atoms with Gasteiger partial charge in [0.15, 0.2) is 0 Å². The third-order valence-electron chi connectivity index (χ3n) is 2.58. The van der Waals surface area contributed by atoms with Crippen molar-refractivity contribution in [2.45, 2.75) is 26.6 Å². The summed E-state index contributed by atoms with van der Waals surface area (Å²) in [6.07, 6.45) is 4.83. The van der Waals surface area contributed by atoms with Crippen LogP contribution in [0.4, 0.5) is 0 Å². The average molecular weight is 266 g/mol. The van der Waals surface area contributed by atoms with Gasteiger partial charge in [-0.1, -0.05) is 50.0 Å². The number of rotatable bonds is 5. The van der Waals surface area contributed by atoms with E-state index < -0.39 is 8.07 Å². The predicted molar refractivity (Wildman–Crippen MR) is 86.5 cm³/mol. The standard InChI is InChI=1S/C15H25SSi/c1-14(15-9-7-6-8-10-15)11-12-16(2)13-17(3,4)5/h6-11H,12-13H2,1-5H3/q+1/b14-11+. The van der Waals surface area contributed by atoms with E-state index >= 15 is 0 Å². The third kappa shape index (κ3) is 6.13. The predicted octanol–water partition coefficient (Wildman–Crippen LogP) is 4.22. The van der Waals surface area contributed by atoms with Gasteiger partial charge in [0, 0.05) is 0 Å². The molecular formula is C15H25SSi+. The molecule has 0 saturated carbocycles. The molecule has 0 N–H and O–H groups in total. The Bertz CT molecular complexity index is 362. The molecule has 0 aliphatic heterocycles. The van der Waals surface area contributed by atoms with Crippen LogP contribution in [0.25, 0.3) is 5.57 Å². The molecule has 17 heavy (non-hydrogen) atoms. The lowest BCUT2D eigenvalue weighted by molar-refractivity contribution is 1.54. The SMILES string of the molecule is C/C(=C\C[S+](C)C[Si](C)(C)C)c1ccccc1. The Morgan fingerprint density at radius 1 is 1.18 bits per heavy atom. The van der Waals surface area contributed by atoms with Gasteiger partial charge >= 0.3 is 0 Å². The van der Waals surface area contributed by atoms with Gasteiger partial charge in [-0.05, 0) is 35.0 Å². The van der Waals surface area contributed by atoms with Crippen LogP contribution >= 0.6 is 0 Å². The molecule has 1 unspecified atom stereocenters. The fourth-order valence-corrected chi connectivity index (χ4v) is 8.80. The monoisotopic (exact) mass is 265 g/mol. The van der Waals surface area contributed by atoms with E-state index in [0.717, 1.165) is 0 Å². The quantitative estimate of drug-likeness (QED) is 0.552. The molecule has 0 nitrogen and oxygen atoms in total. The smallest absolute Gasteiger partial charge is 0.0653 e. The van der Waals surface area contributed by atoms with E-state index in [0.29, 0.717) is 10.9 Å². The Kier molecular flexibility index (Phi) is 5.54. The van der Waals surface area contributed by atoms with Crippen molar-refractivity contribution < 1.29 is 0 Å². The molecule has 1 rings (SSSR count). The maximum atomic E-state index is 2.46. The van der Waals surface area contributed by atoms with Crippen molar-refractivity contribution in [3.05, 3.63) is 42.0 Å². The molecule has 1 aromatic carbocycles. The van der Waals surface area contributed by atoms with Crippen LogP contribution in [0.15, 0.2) is 36.4 Å². The van der Waals surface area contributed by atoms with Gasteiger partial charge in [-0.2, -0.15) is 0 Å². The normalized spacial score (nSPS) is 14.8. The Morgan fingerprint density at radius 2 is 1.76 bits per heavy atom. The van der Waals surface area contributed by atoms with Crippen LogP contribution in [0, 0.1) is 0 Å². The maximum Gasteiger partial charge on any atom is 0.126 e. The molecule has 1 aromatic rings. The van der Waals surface area contributed by atoms with Crippen LogP contribution in [-0.2, 0) is 10.9 Å². The number of hydrogen-bond acceptors (Lipinski definition) is 0. The Labute approximate surface area is 110 Å². The Balaban J connectivity index is 2.54. The molecule has 0 amide bonds. The zero-order valence-electron chi connectivity index (χ0n) is 11.8. The van der Waals surface area contributed by atoms with Crippen molar-refractivity contribution in [1.29, 1.82) is 0 Å². The minimum Gasteiger partial charge on any atom is -0.0653 e. The molecule has 0 aliphatic carbocycles. The Morgan fingerprint density at radius 3 is 2.29 bits per heavy atom. The average Bonchev–Trinajstić information content (AvgIpc) is 2.25. The van der Waals surface area contributed by atoms with Crippen LogP contribution in [0.3, 0.4) is 0 Å². The van der Waals surface area contributed by atoms with Gasteiger partial charge in [-0.15, -0.1) is 0 Å². The van der Waals surface area contributed by atoms with Gasteiger partial charge in [0.2, 0.25) is 0 Å². The highest BCUT2D eigenvalue weighted by Crippen LogP contribution is 2.14. The van der Waals surface area contributed by atoms with Crippen molar-refractivity contribution >= 4 is 24.5 Å². The van der Waals surface area contributed by atoms with Crippen LogP contribution in [0.5, 0.6) is 0 Å². The molecule has 94 valence electrons. The van der Waals surface area contributed by atoms with E-state index in [1.165, 1.54) is 22.3 Å². The van der Waals surface area contributed by atoms with Crippen LogP contribution in [-0.4, -0.2) is 25.5 Å². The highest BCUT2D eigenvalue weighted by Gasteiger charge is 2.23. The molecule has 0 fully saturated rings. The molecular weight excluding hydrogens is 240 g/mol. The lowest BCUT2D eigenvalue weighted by Gasteiger charge is -2.13. The first-order valence-corrected chi connectivity index (χ1v) is 11.9. The van der Waals surface area contributed by atoms with Gasteiger partial charge in [-0.3, -0.25) is 0 Å². The van der Waals surface area contributed by atoms with Crippen LogP contribution in [0.2, 0.25) is 19.6 Å². The molecule has 2 heteroatoms. The molecule has 0 saturated heterocycles. The molecule has 0 bridgehead atoms. The van der Waals surface area contributed by atoms with Gasteiger partial charge in [-0.25, -0.2) is 0 Å². The minimum atomic E-state index is -0.889. The van der Waals surface area contributed by atoms with E-state index in [2.05, 4.69) is 69.2 Å². The first-order chi connectivity index (χ1) is 7.88. The zero-order chi connectivity index (χ0) is 12.9. The topological polar surface area (TPSA) is 0 Å². The molecule has 0 aliphatic rings. The van der Waals surface area contributed by atoms with Gasteiger partial charge in [0.1, 0.15) is 13.8 Å². The summed E-state index contributed by atoms with van der Waals surface area (Å²) in [7, 11) is -0.337. The van der Waals surface area contributed by atoms with Crippen molar-refractivity contribution in [2.75, 3.05) is 17.4 Å². The van der Waals surface area contributed by atoms with E-state index in [1.807, 2.05) is 0 Å². The van der Waals surface area contributed by atoms with Crippen molar-refractivity contribution in [2.24, 2.45) is 0 Å². The third-order valence-corrected chi connectivity index (χ3v) is 8.75. The lowest BCUT2D eigenvalue weighted by atomic mass is 10.1. The van der Waals surface area contributed by atoms with Gasteiger partial charge < -0.3 is 0 Å². The van der Waals surface area contributed by atoms with E-state index in [-0.39, 0.29) is 0 Å². The summed E-state index contributed by atoms with van der Waals surface area (Å²) in [6.45, 7) is 9.61. The van der Waals surface area contributed by atoms with Crippen molar-refractivity contribution in [3.63, 3.8) is 0 Å².